The fourth-order valence-electron chi connectivity index (χ4n) is 1.56. The third-order valence-electron chi connectivity index (χ3n) is 2.96. The summed E-state index contributed by atoms with van der Waals surface area (Å²) in [6.45, 7) is 5.27. The number of hydrogen-bond donors (Lipinski definition) is 0. The molecule has 0 aliphatic carbocycles. The van der Waals surface area contributed by atoms with Gasteiger partial charge >= 0.3 is 0 Å². The maximum atomic E-state index is 11.9. The minimum Gasteiger partial charge on any atom is -0.497 e. The zero-order valence-electron chi connectivity index (χ0n) is 12.4. The predicted octanol–water partition coefficient (Wildman–Crippen LogP) is 2.84. The van der Waals surface area contributed by atoms with Crippen LogP contribution in [0.3, 0.4) is 0 Å². The summed E-state index contributed by atoms with van der Waals surface area (Å²) < 4.78 is 5.00. The van der Waals surface area contributed by atoms with Gasteiger partial charge in [-0.25, -0.2) is 0 Å². The lowest BCUT2D eigenvalue weighted by atomic mass is 9.87. The molecular formula is C16H20O4. The molecule has 0 heterocycles. The van der Waals surface area contributed by atoms with Crippen molar-refractivity contribution in [2.24, 2.45) is 5.41 Å². The fourth-order valence-corrected chi connectivity index (χ4v) is 1.56. The molecule has 1 aromatic rings. The van der Waals surface area contributed by atoms with Crippen LogP contribution in [0.1, 0.15) is 44.0 Å². The standard InChI is InChI=1S/C16H20O4/c1-16(2,3)15(19)10-12(17)9-14(18)11-5-7-13(20-4)8-6-11/h5-8H,9-10H2,1-4H3. The van der Waals surface area contributed by atoms with Crippen molar-refractivity contribution < 1.29 is 19.1 Å². The average Bonchev–Trinajstić information content (AvgIpc) is 2.37. The lowest BCUT2D eigenvalue weighted by Gasteiger charge is -2.15. The van der Waals surface area contributed by atoms with E-state index < -0.39 is 5.41 Å². The first-order valence-corrected chi connectivity index (χ1v) is 6.46. The third kappa shape index (κ3) is 4.61. The molecule has 0 saturated heterocycles. The van der Waals surface area contributed by atoms with E-state index in [9.17, 15) is 14.4 Å². The molecule has 0 aliphatic rings. The second kappa shape index (κ2) is 6.46. The third-order valence-corrected chi connectivity index (χ3v) is 2.96. The van der Waals surface area contributed by atoms with Crippen molar-refractivity contribution in [1.29, 1.82) is 0 Å². The van der Waals surface area contributed by atoms with Crippen LogP contribution >= 0.6 is 0 Å². The normalized spacial score (nSPS) is 11.0. The summed E-state index contributed by atoms with van der Waals surface area (Å²) in [7, 11) is 1.54. The molecule has 0 atom stereocenters. The van der Waals surface area contributed by atoms with Gasteiger partial charge in [0.2, 0.25) is 0 Å². The molecule has 0 amide bonds. The number of ketones is 3. The van der Waals surface area contributed by atoms with E-state index in [2.05, 4.69) is 0 Å². The van der Waals surface area contributed by atoms with Gasteiger partial charge in [0, 0.05) is 11.0 Å². The summed E-state index contributed by atoms with van der Waals surface area (Å²) in [6.07, 6.45) is -0.431. The Hall–Kier alpha value is -1.97. The number of carbonyl (C=O) groups excluding carboxylic acids is 3. The molecule has 0 fully saturated rings. The first-order chi connectivity index (χ1) is 9.24. The molecule has 4 nitrogen and oxygen atoms in total. The number of rotatable bonds is 6. The molecule has 0 N–H and O–H groups in total. The van der Waals surface area contributed by atoms with E-state index in [1.165, 1.54) is 0 Å². The minimum absolute atomic E-state index is 0.148. The van der Waals surface area contributed by atoms with Gasteiger partial charge in [0.15, 0.2) is 5.78 Å². The maximum absolute atomic E-state index is 11.9. The summed E-state index contributed by atoms with van der Waals surface area (Å²) in [6, 6.07) is 6.55. The molecule has 0 spiro atoms. The first kappa shape index (κ1) is 16.1. The Morgan fingerprint density at radius 3 is 2.00 bits per heavy atom. The van der Waals surface area contributed by atoms with Gasteiger partial charge in [-0.15, -0.1) is 0 Å². The van der Waals surface area contributed by atoms with Gasteiger partial charge in [-0.2, -0.15) is 0 Å². The zero-order valence-corrected chi connectivity index (χ0v) is 12.4. The molecule has 1 aromatic carbocycles. The molecule has 108 valence electrons. The molecule has 1 rings (SSSR count). The second-order valence-electron chi connectivity index (χ2n) is 5.72. The van der Waals surface area contributed by atoms with Crippen LogP contribution in [-0.4, -0.2) is 24.5 Å². The number of ether oxygens (including phenoxy) is 1. The summed E-state index contributed by atoms with van der Waals surface area (Å²) in [4.78, 5) is 35.4. The summed E-state index contributed by atoms with van der Waals surface area (Å²) in [5.74, 6) is -0.120. The average molecular weight is 276 g/mol. The van der Waals surface area contributed by atoms with Crippen LogP contribution in [-0.2, 0) is 9.59 Å². The lowest BCUT2D eigenvalue weighted by molar-refractivity contribution is -0.131. The van der Waals surface area contributed by atoms with Gasteiger partial charge in [-0.05, 0) is 24.3 Å². The van der Waals surface area contributed by atoms with Crippen molar-refractivity contribution in [1.82, 2.24) is 0 Å². The molecule has 4 heteroatoms. The minimum atomic E-state index is -0.557. The smallest absolute Gasteiger partial charge is 0.170 e. The van der Waals surface area contributed by atoms with Crippen LogP contribution in [0, 0.1) is 5.41 Å². The number of hydrogen-bond acceptors (Lipinski definition) is 4. The van der Waals surface area contributed by atoms with E-state index in [4.69, 9.17) is 4.74 Å². The highest BCUT2D eigenvalue weighted by atomic mass is 16.5. The Kier molecular flexibility index (Phi) is 5.19. The molecule has 0 unspecified atom stereocenters. The van der Waals surface area contributed by atoms with Crippen LogP contribution in [0.25, 0.3) is 0 Å². The Morgan fingerprint density at radius 1 is 1.00 bits per heavy atom. The lowest BCUT2D eigenvalue weighted by Crippen LogP contribution is -2.24. The molecular weight excluding hydrogens is 256 g/mol. The molecule has 0 radical (unpaired) electrons. The Balaban J connectivity index is 2.61. The number of Topliss-reactive ketones (excluding diaryl/α,β-unsaturated/α-hetero) is 3. The number of methoxy groups -OCH3 is 1. The van der Waals surface area contributed by atoms with Crippen molar-refractivity contribution in [2.75, 3.05) is 7.11 Å². The predicted molar refractivity (Wildman–Crippen MR) is 76.0 cm³/mol. The van der Waals surface area contributed by atoms with Gasteiger partial charge in [0.05, 0.1) is 20.0 Å². The highest BCUT2D eigenvalue weighted by Gasteiger charge is 2.24. The second-order valence-corrected chi connectivity index (χ2v) is 5.72. The van der Waals surface area contributed by atoms with Crippen molar-refractivity contribution in [3.8, 4) is 5.75 Å². The van der Waals surface area contributed by atoms with Gasteiger partial charge in [0.25, 0.3) is 0 Å². The van der Waals surface area contributed by atoms with E-state index in [0.717, 1.165) is 0 Å². The van der Waals surface area contributed by atoms with E-state index >= 15 is 0 Å². The van der Waals surface area contributed by atoms with E-state index in [0.29, 0.717) is 11.3 Å². The molecule has 0 aromatic heterocycles. The fraction of sp³-hybridized carbons (Fsp3) is 0.438. The quantitative estimate of drug-likeness (QED) is 0.592. The zero-order chi connectivity index (χ0) is 15.3. The molecule has 0 aliphatic heterocycles. The Bertz CT molecular complexity index is 506. The topological polar surface area (TPSA) is 60.4 Å². The molecule has 0 saturated carbocycles. The van der Waals surface area contributed by atoms with Gasteiger partial charge in [-0.1, -0.05) is 20.8 Å². The Morgan fingerprint density at radius 2 is 1.55 bits per heavy atom. The SMILES string of the molecule is COc1ccc(C(=O)CC(=O)CC(=O)C(C)(C)C)cc1. The highest BCUT2D eigenvalue weighted by molar-refractivity contribution is 6.12. The van der Waals surface area contributed by atoms with Crippen LogP contribution < -0.4 is 4.74 Å². The largest absolute Gasteiger partial charge is 0.497 e. The highest BCUT2D eigenvalue weighted by Crippen LogP contribution is 2.18. The van der Waals surface area contributed by atoms with Gasteiger partial charge in [-0.3, -0.25) is 14.4 Å². The van der Waals surface area contributed by atoms with E-state index in [-0.39, 0.29) is 30.2 Å². The number of benzene rings is 1. The van der Waals surface area contributed by atoms with Crippen molar-refractivity contribution >= 4 is 17.3 Å². The molecule has 0 bridgehead atoms. The van der Waals surface area contributed by atoms with Gasteiger partial charge in [0.1, 0.15) is 17.3 Å². The molecule has 20 heavy (non-hydrogen) atoms. The van der Waals surface area contributed by atoms with Crippen LogP contribution in [0.15, 0.2) is 24.3 Å². The number of carbonyl (C=O) groups is 3. The monoisotopic (exact) mass is 276 g/mol. The summed E-state index contributed by atoms with van der Waals surface area (Å²) >= 11 is 0. The Labute approximate surface area is 119 Å². The maximum Gasteiger partial charge on any atom is 0.170 e. The van der Waals surface area contributed by atoms with E-state index in [1.54, 1.807) is 52.1 Å². The van der Waals surface area contributed by atoms with Crippen molar-refractivity contribution in [2.45, 2.75) is 33.6 Å². The van der Waals surface area contributed by atoms with Crippen LogP contribution in [0.5, 0.6) is 5.75 Å². The van der Waals surface area contributed by atoms with Crippen molar-refractivity contribution in [3.05, 3.63) is 29.8 Å². The van der Waals surface area contributed by atoms with Crippen molar-refractivity contribution in [3.63, 3.8) is 0 Å². The van der Waals surface area contributed by atoms with Gasteiger partial charge < -0.3 is 4.74 Å². The van der Waals surface area contributed by atoms with Crippen LogP contribution in [0.2, 0.25) is 0 Å². The summed E-state index contributed by atoms with van der Waals surface area (Å²) in [5.41, 5.74) is -0.110. The first-order valence-electron chi connectivity index (χ1n) is 6.46. The summed E-state index contributed by atoms with van der Waals surface area (Å²) in [5, 5.41) is 0. The van der Waals surface area contributed by atoms with E-state index in [1.807, 2.05) is 0 Å². The van der Waals surface area contributed by atoms with Crippen LogP contribution in [0.4, 0.5) is 0 Å².